The Bertz CT molecular complexity index is 1270. The van der Waals surface area contributed by atoms with E-state index in [2.05, 4.69) is 10.3 Å². The number of nitrogens with one attached hydrogen (secondary N) is 1. The Morgan fingerprint density at radius 3 is 2.33 bits per heavy atom. The monoisotopic (exact) mass is 489 g/mol. The number of benzene rings is 2. The first kappa shape index (κ1) is 25.2. The van der Waals surface area contributed by atoms with E-state index in [-0.39, 0.29) is 24.3 Å². The van der Waals surface area contributed by atoms with E-state index in [0.717, 1.165) is 11.1 Å². The third-order valence-corrected chi connectivity index (χ3v) is 6.17. The highest BCUT2D eigenvalue weighted by Crippen LogP contribution is 2.36. The molecule has 8 heteroatoms. The normalized spacial score (nSPS) is 14.8. The van der Waals surface area contributed by atoms with Crippen molar-refractivity contribution in [1.29, 1.82) is 0 Å². The Hall–Kier alpha value is -3.91. The number of aromatic nitrogens is 1. The first-order valence-corrected chi connectivity index (χ1v) is 11.8. The van der Waals surface area contributed by atoms with E-state index in [4.69, 9.17) is 9.47 Å². The molecule has 8 nitrogen and oxygen atoms in total. The van der Waals surface area contributed by atoms with Crippen molar-refractivity contribution in [3.8, 4) is 11.5 Å². The van der Waals surface area contributed by atoms with Crippen molar-refractivity contribution in [3.63, 3.8) is 0 Å². The number of carbonyl (C=O) groups excluding carboxylic acids is 2. The molecule has 0 saturated heterocycles. The third kappa shape index (κ3) is 5.18. The largest absolute Gasteiger partial charge is 0.493 e. The summed E-state index contributed by atoms with van der Waals surface area (Å²) in [6, 6.07) is 14.3. The van der Waals surface area contributed by atoms with Gasteiger partial charge in [0.15, 0.2) is 11.5 Å². The van der Waals surface area contributed by atoms with Crippen molar-refractivity contribution in [2.24, 2.45) is 0 Å². The van der Waals surface area contributed by atoms with Gasteiger partial charge in [-0.2, -0.15) is 0 Å². The molecule has 2 aromatic carbocycles. The fourth-order valence-corrected chi connectivity index (χ4v) is 4.27. The summed E-state index contributed by atoms with van der Waals surface area (Å²) >= 11 is 0. The van der Waals surface area contributed by atoms with Gasteiger partial charge in [-0.3, -0.25) is 14.5 Å². The van der Waals surface area contributed by atoms with Gasteiger partial charge in [0.25, 0.3) is 0 Å². The topological polar surface area (TPSA) is 101 Å². The van der Waals surface area contributed by atoms with E-state index in [0.29, 0.717) is 40.7 Å². The molecule has 2 N–H and O–H groups in total. The molecule has 0 saturated carbocycles. The van der Waals surface area contributed by atoms with Gasteiger partial charge in [0.1, 0.15) is 11.4 Å². The minimum atomic E-state index is -1.31. The van der Waals surface area contributed by atoms with Crippen molar-refractivity contribution in [2.45, 2.75) is 52.4 Å². The zero-order valence-corrected chi connectivity index (χ0v) is 21.2. The smallest absolute Gasteiger partial charge is 0.232 e. The summed E-state index contributed by atoms with van der Waals surface area (Å²) in [6.45, 7) is 7.39. The van der Waals surface area contributed by atoms with Crippen LogP contribution in [0.4, 0.5) is 11.5 Å². The van der Waals surface area contributed by atoms with Gasteiger partial charge in [-0.1, -0.05) is 18.2 Å². The van der Waals surface area contributed by atoms with Crippen LogP contribution in [0.1, 0.15) is 49.9 Å². The van der Waals surface area contributed by atoms with Crippen LogP contribution in [-0.4, -0.2) is 35.1 Å². The van der Waals surface area contributed by atoms with Crippen LogP contribution in [0.15, 0.2) is 54.7 Å². The molecule has 1 aliphatic heterocycles. The van der Waals surface area contributed by atoms with Crippen molar-refractivity contribution in [2.75, 3.05) is 17.3 Å². The lowest BCUT2D eigenvalue weighted by Gasteiger charge is -2.30. The Morgan fingerprint density at radius 2 is 1.75 bits per heavy atom. The zero-order valence-electron chi connectivity index (χ0n) is 21.2. The van der Waals surface area contributed by atoms with Gasteiger partial charge in [-0.25, -0.2) is 4.98 Å². The number of aliphatic hydroxyl groups is 1. The van der Waals surface area contributed by atoms with Gasteiger partial charge in [0, 0.05) is 24.4 Å². The number of nitrogens with zero attached hydrogens (tertiary/aromatic N) is 2. The van der Waals surface area contributed by atoms with Crippen LogP contribution >= 0.6 is 0 Å². The first-order valence-electron chi connectivity index (χ1n) is 11.8. The maximum absolute atomic E-state index is 13.0. The van der Waals surface area contributed by atoms with E-state index in [1.807, 2.05) is 26.0 Å². The number of carbonyl (C=O) groups is 2. The zero-order chi connectivity index (χ0) is 26.0. The van der Waals surface area contributed by atoms with Crippen LogP contribution in [-0.2, 0) is 28.2 Å². The summed E-state index contributed by atoms with van der Waals surface area (Å²) < 4.78 is 11.4. The van der Waals surface area contributed by atoms with Gasteiger partial charge in [0.05, 0.1) is 26.2 Å². The van der Waals surface area contributed by atoms with Gasteiger partial charge in [-0.05, 0) is 67.8 Å². The van der Waals surface area contributed by atoms with Gasteiger partial charge < -0.3 is 19.9 Å². The number of anilines is 2. The Kier molecular flexibility index (Phi) is 6.99. The van der Waals surface area contributed by atoms with Gasteiger partial charge in [-0.15, -0.1) is 0 Å². The number of pyridine rings is 1. The Labute approximate surface area is 210 Å². The summed E-state index contributed by atoms with van der Waals surface area (Å²) in [5.41, 5.74) is 2.47. The molecule has 3 aromatic rings. The van der Waals surface area contributed by atoms with Gasteiger partial charge >= 0.3 is 0 Å². The Balaban J connectivity index is 1.56. The lowest BCUT2D eigenvalue weighted by atomic mass is 9.89. The van der Waals surface area contributed by atoms with Crippen LogP contribution in [0.3, 0.4) is 0 Å². The second-order valence-corrected chi connectivity index (χ2v) is 9.33. The number of ether oxygens (including phenoxy) is 2. The lowest BCUT2D eigenvalue weighted by molar-refractivity contribution is -0.118. The fourth-order valence-electron chi connectivity index (χ4n) is 4.27. The molecule has 0 radical (unpaired) electrons. The number of fused-ring (bicyclic) bond motifs is 1. The third-order valence-electron chi connectivity index (χ3n) is 6.17. The predicted octanol–water partition coefficient (Wildman–Crippen LogP) is 4.18. The average Bonchev–Trinajstić information content (AvgIpc) is 2.83. The number of hydrogen-bond donors (Lipinski definition) is 2. The van der Waals surface area contributed by atoms with Crippen LogP contribution in [0.25, 0.3) is 0 Å². The van der Waals surface area contributed by atoms with Gasteiger partial charge in [0.2, 0.25) is 11.8 Å². The molecule has 1 aliphatic rings. The van der Waals surface area contributed by atoms with E-state index in [9.17, 15) is 14.7 Å². The highest BCUT2D eigenvalue weighted by Gasteiger charge is 2.29. The SMILES string of the molecule is COc1cc2c(cc1OC(C)C)CN(c1ccc(C(C)(O)c3ccc(NC(C)=O)cc3)cn1)C(=O)C2. The quantitative estimate of drug-likeness (QED) is 0.516. The summed E-state index contributed by atoms with van der Waals surface area (Å²) in [5.74, 6) is 1.53. The maximum Gasteiger partial charge on any atom is 0.232 e. The summed E-state index contributed by atoms with van der Waals surface area (Å²) in [4.78, 5) is 30.4. The summed E-state index contributed by atoms with van der Waals surface area (Å²) in [5, 5.41) is 13.9. The number of rotatable bonds is 7. The number of hydrogen-bond acceptors (Lipinski definition) is 6. The average molecular weight is 490 g/mol. The molecule has 2 heterocycles. The van der Waals surface area contributed by atoms with Crippen molar-refractivity contribution >= 4 is 23.3 Å². The van der Waals surface area contributed by atoms with Crippen molar-refractivity contribution in [3.05, 3.63) is 77.0 Å². The molecule has 0 aliphatic carbocycles. The molecule has 1 aromatic heterocycles. The number of methoxy groups -OCH3 is 1. The first-order chi connectivity index (χ1) is 17.1. The van der Waals surface area contributed by atoms with Crippen molar-refractivity contribution < 1.29 is 24.2 Å². The van der Waals surface area contributed by atoms with E-state index in [1.54, 1.807) is 61.5 Å². The number of amides is 2. The van der Waals surface area contributed by atoms with E-state index in [1.165, 1.54) is 6.92 Å². The molecular formula is C28H31N3O5. The molecule has 0 fully saturated rings. The van der Waals surface area contributed by atoms with Crippen LogP contribution in [0.5, 0.6) is 11.5 Å². The Morgan fingerprint density at radius 1 is 1.08 bits per heavy atom. The fraction of sp³-hybridized carbons (Fsp3) is 0.321. The molecule has 0 bridgehead atoms. The minimum Gasteiger partial charge on any atom is -0.493 e. The highest BCUT2D eigenvalue weighted by molar-refractivity contribution is 5.95. The van der Waals surface area contributed by atoms with E-state index < -0.39 is 5.60 Å². The lowest BCUT2D eigenvalue weighted by Crippen LogP contribution is -2.37. The van der Waals surface area contributed by atoms with E-state index >= 15 is 0 Å². The maximum atomic E-state index is 13.0. The standard InChI is InChI=1S/C28H31N3O5/c1-17(2)36-25-13-20-16-31(27(33)14-19(20)12-24(25)35-5)26-11-8-22(15-29-26)28(4,34)21-6-9-23(10-7-21)30-18(3)32/h6-13,15,17,34H,14,16H2,1-5H3,(H,30,32). The molecule has 0 spiro atoms. The van der Waals surface area contributed by atoms with Crippen LogP contribution in [0, 0.1) is 0 Å². The predicted molar refractivity (Wildman–Crippen MR) is 137 cm³/mol. The molecule has 188 valence electrons. The molecule has 36 heavy (non-hydrogen) atoms. The molecular weight excluding hydrogens is 458 g/mol. The second kappa shape index (κ2) is 9.99. The highest BCUT2D eigenvalue weighted by atomic mass is 16.5. The molecule has 2 amide bonds. The van der Waals surface area contributed by atoms with Crippen LogP contribution in [0.2, 0.25) is 0 Å². The van der Waals surface area contributed by atoms with Crippen molar-refractivity contribution in [1.82, 2.24) is 4.98 Å². The second-order valence-electron chi connectivity index (χ2n) is 9.33. The minimum absolute atomic E-state index is 0.0121. The summed E-state index contributed by atoms with van der Waals surface area (Å²) in [7, 11) is 1.59. The molecule has 4 rings (SSSR count). The molecule has 1 atom stereocenters. The van der Waals surface area contributed by atoms with Crippen LogP contribution < -0.4 is 19.7 Å². The molecule has 1 unspecified atom stereocenters. The summed E-state index contributed by atoms with van der Waals surface area (Å²) in [6.07, 6.45) is 1.80.